The van der Waals surface area contributed by atoms with Crippen LogP contribution in [0.25, 0.3) is 0 Å². The molecule has 0 aromatic heterocycles. The number of benzene rings is 3. The minimum Gasteiger partial charge on any atom is -0.325 e. The molecular weight excluding hydrogens is 446 g/mol. The average Bonchev–Trinajstić information content (AvgIpc) is 2.95. The molecule has 1 aliphatic heterocycles. The molecule has 0 bridgehead atoms. The highest BCUT2D eigenvalue weighted by Gasteiger charge is 2.20. The van der Waals surface area contributed by atoms with Crippen LogP contribution in [0, 0.1) is 6.92 Å². The van der Waals surface area contributed by atoms with E-state index in [0.717, 1.165) is 4.90 Å². The number of carbonyl (C=O) groups is 2. The molecule has 0 aliphatic carbocycles. The fourth-order valence-electron chi connectivity index (χ4n) is 3.23. The van der Waals surface area contributed by atoms with Crippen LogP contribution in [0.3, 0.4) is 0 Å². The van der Waals surface area contributed by atoms with Gasteiger partial charge in [-0.05, 0) is 61.0 Å². The molecule has 3 aromatic carbocycles. The van der Waals surface area contributed by atoms with Crippen LogP contribution in [0.2, 0.25) is 0 Å². The molecule has 3 aromatic rings. The lowest BCUT2D eigenvalue weighted by Gasteiger charge is -2.14. The van der Waals surface area contributed by atoms with Crippen LogP contribution in [0.4, 0.5) is 17.1 Å². The Morgan fingerprint density at radius 3 is 2.56 bits per heavy atom. The summed E-state index contributed by atoms with van der Waals surface area (Å²) in [6, 6.07) is 18.4. The van der Waals surface area contributed by atoms with Crippen molar-refractivity contribution in [1.29, 1.82) is 0 Å². The summed E-state index contributed by atoms with van der Waals surface area (Å²) in [7, 11) is -3.87. The summed E-state index contributed by atoms with van der Waals surface area (Å²) in [5, 5.41) is 5.59. The lowest BCUT2D eigenvalue weighted by molar-refractivity contribution is -0.115. The minimum absolute atomic E-state index is 0.0539. The second kappa shape index (κ2) is 9.05. The lowest BCUT2D eigenvalue weighted by Crippen LogP contribution is -2.15. The van der Waals surface area contributed by atoms with E-state index in [1.807, 2.05) is 6.07 Å². The summed E-state index contributed by atoms with van der Waals surface area (Å²) < 4.78 is 28.4. The molecule has 0 spiro atoms. The molecule has 0 unspecified atom stereocenters. The van der Waals surface area contributed by atoms with Crippen molar-refractivity contribution >= 4 is 50.7 Å². The van der Waals surface area contributed by atoms with Crippen molar-refractivity contribution in [2.45, 2.75) is 23.1 Å². The number of fused-ring (bicyclic) bond motifs is 1. The Morgan fingerprint density at radius 2 is 1.81 bits per heavy atom. The van der Waals surface area contributed by atoms with E-state index in [0.29, 0.717) is 40.4 Å². The third-order valence-corrected chi connectivity index (χ3v) is 7.34. The van der Waals surface area contributed by atoms with Gasteiger partial charge in [0.25, 0.3) is 15.9 Å². The molecule has 0 atom stereocenters. The lowest BCUT2D eigenvalue weighted by atomic mass is 10.1. The number of sulfonamides is 1. The first-order chi connectivity index (χ1) is 15.3. The molecule has 0 radical (unpaired) electrons. The first-order valence-corrected chi connectivity index (χ1v) is 12.4. The molecule has 7 nitrogen and oxygen atoms in total. The molecule has 2 amide bonds. The Balaban J connectivity index is 1.52. The van der Waals surface area contributed by atoms with Gasteiger partial charge >= 0.3 is 0 Å². The fourth-order valence-corrected chi connectivity index (χ4v) is 5.24. The number of amides is 2. The third kappa shape index (κ3) is 4.95. The second-order valence-electron chi connectivity index (χ2n) is 7.26. The van der Waals surface area contributed by atoms with Crippen molar-refractivity contribution in [3.8, 4) is 0 Å². The number of hydrogen-bond donors (Lipinski definition) is 3. The Kier molecular flexibility index (Phi) is 6.20. The van der Waals surface area contributed by atoms with Crippen molar-refractivity contribution in [2.75, 3.05) is 21.1 Å². The Morgan fingerprint density at radius 1 is 1.03 bits per heavy atom. The van der Waals surface area contributed by atoms with Gasteiger partial charge in [-0.15, -0.1) is 11.8 Å². The first-order valence-electron chi connectivity index (χ1n) is 9.88. The van der Waals surface area contributed by atoms with Crippen molar-refractivity contribution < 1.29 is 18.0 Å². The maximum atomic E-state index is 12.9. The Hall–Kier alpha value is -3.30. The van der Waals surface area contributed by atoms with Gasteiger partial charge in [-0.2, -0.15) is 0 Å². The molecule has 0 fully saturated rings. The number of carbonyl (C=O) groups excluding carboxylic acids is 2. The van der Waals surface area contributed by atoms with Crippen LogP contribution in [-0.4, -0.2) is 26.0 Å². The van der Waals surface area contributed by atoms with Gasteiger partial charge in [-0.25, -0.2) is 8.42 Å². The number of nitrogens with one attached hydrogen (secondary N) is 3. The van der Waals surface area contributed by atoms with Crippen molar-refractivity contribution in [1.82, 2.24) is 0 Å². The Bertz CT molecular complexity index is 1290. The number of anilines is 3. The zero-order valence-corrected chi connectivity index (χ0v) is 18.8. The van der Waals surface area contributed by atoms with Gasteiger partial charge in [0.05, 0.1) is 10.6 Å². The molecule has 164 valence electrons. The van der Waals surface area contributed by atoms with E-state index in [1.165, 1.54) is 23.9 Å². The van der Waals surface area contributed by atoms with Gasteiger partial charge in [-0.3, -0.25) is 14.3 Å². The van der Waals surface area contributed by atoms with Crippen molar-refractivity contribution in [3.63, 3.8) is 0 Å². The van der Waals surface area contributed by atoms with Gasteiger partial charge in [-0.1, -0.05) is 18.2 Å². The first kappa shape index (κ1) is 21.9. The number of hydrogen-bond acceptors (Lipinski definition) is 5. The van der Waals surface area contributed by atoms with E-state index in [-0.39, 0.29) is 16.7 Å². The molecule has 9 heteroatoms. The quantitative estimate of drug-likeness (QED) is 0.513. The van der Waals surface area contributed by atoms with Gasteiger partial charge in [0, 0.05) is 34.0 Å². The zero-order valence-electron chi connectivity index (χ0n) is 17.2. The number of thioether (sulfide) groups is 1. The van der Waals surface area contributed by atoms with Gasteiger partial charge in [0.2, 0.25) is 5.91 Å². The van der Waals surface area contributed by atoms with E-state index in [1.54, 1.807) is 55.5 Å². The second-order valence-corrected chi connectivity index (χ2v) is 10.1. The summed E-state index contributed by atoms with van der Waals surface area (Å²) >= 11 is 1.51. The zero-order chi connectivity index (χ0) is 22.7. The molecular formula is C23H21N3O4S2. The third-order valence-electron chi connectivity index (χ3n) is 4.88. The molecule has 0 saturated carbocycles. The molecule has 0 saturated heterocycles. The van der Waals surface area contributed by atoms with Gasteiger partial charge in [0.1, 0.15) is 0 Å². The monoisotopic (exact) mass is 467 g/mol. The molecule has 3 N–H and O–H groups in total. The van der Waals surface area contributed by atoms with E-state index in [9.17, 15) is 18.0 Å². The SMILES string of the molecule is Cc1cc(NS(=O)(=O)c2ccc3c(c2)NC(=O)CCS3)ccc1NC(=O)c1ccccc1. The van der Waals surface area contributed by atoms with Gasteiger partial charge in [0.15, 0.2) is 0 Å². The fraction of sp³-hybridized carbons (Fsp3) is 0.130. The topological polar surface area (TPSA) is 104 Å². The smallest absolute Gasteiger partial charge is 0.261 e. The normalized spacial score (nSPS) is 13.5. The summed E-state index contributed by atoms with van der Waals surface area (Å²) in [5.41, 5.74) is 2.70. The molecule has 1 aliphatic rings. The van der Waals surface area contributed by atoms with Crippen molar-refractivity contribution in [3.05, 3.63) is 77.9 Å². The van der Waals surface area contributed by atoms with E-state index in [4.69, 9.17) is 0 Å². The summed E-state index contributed by atoms with van der Waals surface area (Å²) in [4.78, 5) is 25.1. The average molecular weight is 468 g/mol. The molecule has 32 heavy (non-hydrogen) atoms. The number of rotatable bonds is 5. The molecule has 4 rings (SSSR count). The predicted molar refractivity (Wildman–Crippen MR) is 127 cm³/mol. The van der Waals surface area contributed by atoms with Crippen LogP contribution in [-0.2, 0) is 14.8 Å². The minimum atomic E-state index is -3.87. The highest BCUT2D eigenvalue weighted by atomic mass is 32.2. The van der Waals surface area contributed by atoms with Crippen LogP contribution in [0.15, 0.2) is 76.5 Å². The summed E-state index contributed by atoms with van der Waals surface area (Å²) in [5.74, 6) is 0.268. The van der Waals surface area contributed by atoms with Crippen LogP contribution in [0.1, 0.15) is 22.3 Å². The van der Waals surface area contributed by atoms with Crippen LogP contribution < -0.4 is 15.4 Å². The standard InChI is InChI=1S/C23H21N3O4S2/c1-15-13-17(7-9-19(15)25-23(28)16-5-3-2-4-6-16)26-32(29,30)18-8-10-21-20(14-18)24-22(27)11-12-31-21/h2-10,13-14,26H,11-12H2,1H3,(H,24,27)(H,25,28). The summed E-state index contributed by atoms with van der Waals surface area (Å²) in [6.45, 7) is 1.79. The highest BCUT2D eigenvalue weighted by Crippen LogP contribution is 2.33. The van der Waals surface area contributed by atoms with Crippen LogP contribution in [0.5, 0.6) is 0 Å². The Labute approximate surface area is 190 Å². The maximum Gasteiger partial charge on any atom is 0.261 e. The maximum absolute atomic E-state index is 12.9. The predicted octanol–water partition coefficient (Wildman–Crippen LogP) is 4.48. The van der Waals surface area contributed by atoms with E-state index in [2.05, 4.69) is 15.4 Å². The van der Waals surface area contributed by atoms with E-state index >= 15 is 0 Å². The highest BCUT2D eigenvalue weighted by molar-refractivity contribution is 7.99. The van der Waals surface area contributed by atoms with Crippen molar-refractivity contribution in [2.24, 2.45) is 0 Å². The largest absolute Gasteiger partial charge is 0.325 e. The van der Waals surface area contributed by atoms with Gasteiger partial charge < -0.3 is 10.6 Å². The summed E-state index contributed by atoms with van der Waals surface area (Å²) in [6.07, 6.45) is 0.381. The van der Waals surface area contributed by atoms with E-state index < -0.39 is 10.0 Å². The molecule has 1 heterocycles. The van der Waals surface area contributed by atoms with Crippen LogP contribution >= 0.6 is 11.8 Å². The number of aryl methyl sites for hydroxylation is 1.